The summed E-state index contributed by atoms with van der Waals surface area (Å²) in [5, 5.41) is 17.1. The fourth-order valence-corrected chi connectivity index (χ4v) is 3.35. The van der Waals surface area contributed by atoms with Crippen molar-refractivity contribution in [3.8, 4) is 0 Å². The van der Waals surface area contributed by atoms with Crippen molar-refractivity contribution in [1.29, 1.82) is 0 Å². The lowest BCUT2D eigenvalue weighted by Gasteiger charge is -2.27. The fraction of sp³-hybridized carbons (Fsp3) is 0.591. The molecule has 1 aromatic rings. The highest BCUT2D eigenvalue weighted by atomic mass is 16.4. The number of carbonyl (C=O) groups is 5. The van der Waals surface area contributed by atoms with Crippen LogP contribution in [0, 0.1) is 5.92 Å². The molecule has 0 bridgehead atoms. The molecule has 13 N–H and O–H groups in total. The number of amides is 4. The zero-order chi connectivity index (χ0) is 28.8. The molecule has 16 heteroatoms. The summed E-state index contributed by atoms with van der Waals surface area (Å²) < 4.78 is 0. The Morgan fingerprint density at radius 3 is 2.18 bits per heavy atom. The first-order chi connectivity index (χ1) is 17.8. The third kappa shape index (κ3) is 11.7. The van der Waals surface area contributed by atoms with E-state index in [0.29, 0.717) is 12.1 Å². The molecule has 1 heterocycles. The van der Waals surface area contributed by atoms with E-state index in [1.807, 2.05) is 0 Å². The predicted molar refractivity (Wildman–Crippen MR) is 137 cm³/mol. The Hall–Kier alpha value is -4.21. The molecule has 0 spiro atoms. The second kappa shape index (κ2) is 15.8. The van der Waals surface area contributed by atoms with Crippen LogP contribution < -0.4 is 38.9 Å². The van der Waals surface area contributed by atoms with Crippen LogP contribution in [0.2, 0.25) is 0 Å². The normalized spacial score (nSPS) is 14.0. The van der Waals surface area contributed by atoms with Crippen molar-refractivity contribution < 1.29 is 29.1 Å². The van der Waals surface area contributed by atoms with Gasteiger partial charge in [-0.05, 0) is 25.2 Å². The van der Waals surface area contributed by atoms with Crippen molar-refractivity contribution in [2.75, 3.05) is 6.54 Å². The Bertz CT molecular complexity index is 977. The van der Waals surface area contributed by atoms with Crippen LogP contribution in [0.4, 0.5) is 0 Å². The van der Waals surface area contributed by atoms with Crippen molar-refractivity contribution in [3.05, 3.63) is 18.2 Å². The summed E-state index contributed by atoms with van der Waals surface area (Å²) in [6.45, 7) is 3.51. The number of carboxylic acids is 1. The summed E-state index contributed by atoms with van der Waals surface area (Å²) in [4.78, 5) is 71.8. The Morgan fingerprint density at radius 1 is 1.00 bits per heavy atom. The Kier molecular flexibility index (Phi) is 13.2. The lowest BCUT2D eigenvalue weighted by atomic mass is 10.0. The molecular formula is C22H38N10O6. The SMILES string of the molecule is CC(C)C(NC(=O)C(CCCN=C(N)N)NC(=O)C(N)CCC(N)=O)C(=O)NC(Cc1cnc[nH]1)C(=O)O. The summed E-state index contributed by atoms with van der Waals surface area (Å²) in [5.41, 5.74) is 22.0. The van der Waals surface area contributed by atoms with Crippen molar-refractivity contribution in [2.24, 2.45) is 33.8 Å². The van der Waals surface area contributed by atoms with Crippen molar-refractivity contribution >= 4 is 35.6 Å². The lowest BCUT2D eigenvalue weighted by molar-refractivity contribution is -0.142. The molecule has 0 aliphatic carbocycles. The molecule has 16 nitrogen and oxygen atoms in total. The molecule has 4 atom stereocenters. The van der Waals surface area contributed by atoms with Crippen LogP contribution >= 0.6 is 0 Å². The molecule has 0 aliphatic heterocycles. The first-order valence-corrected chi connectivity index (χ1v) is 12.0. The maximum absolute atomic E-state index is 13.2. The molecular weight excluding hydrogens is 500 g/mol. The number of nitrogens with two attached hydrogens (primary N) is 4. The van der Waals surface area contributed by atoms with Crippen LogP contribution in [0.15, 0.2) is 17.5 Å². The number of rotatable bonds is 17. The highest BCUT2D eigenvalue weighted by Gasteiger charge is 2.32. The predicted octanol–water partition coefficient (Wildman–Crippen LogP) is -3.21. The molecule has 38 heavy (non-hydrogen) atoms. The van der Waals surface area contributed by atoms with Crippen molar-refractivity contribution in [3.63, 3.8) is 0 Å². The topological polar surface area (TPSA) is 287 Å². The van der Waals surface area contributed by atoms with Crippen LogP contribution in [-0.2, 0) is 30.4 Å². The van der Waals surface area contributed by atoms with Gasteiger partial charge < -0.3 is 49.0 Å². The van der Waals surface area contributed by atoms with E-state index in [-0.39, 0.29) is 38.2 Å². The zero-order valence-electron chi connectivity index (χ0n) is 21.5. The summed E-state index contributed by atoms with van der Waals surface area (Å²) >= 11 is 0. The first-order valence-electron chi connectivity index (χ1n) is 12.0. The highest BCUT2D eigenvalue weighted by Crippen LogP contribution is 2.08. The number of nitrogens with one attached hydrogen (secondary N) is 4. The molecule has 0 aliphatic rings. The van der Waals surface area contributed by atoms with Crippen LogP contribution in [-0.4, -0.2) is 81.3 Å². The van der Waals surface area contributed by atoms with Gasteiger partial charge >= 0.3 is 5.97 Å². The van der Waals surface area contributed by atoms with E-state index in [1.54, 1.807) is 13.8 Å². The highest BCUT2D eigenvalue weighted by molar-refractivity contribution is 5.94. The van der Waals surface area contributed by atoms with Gasteiger partial charge in [0.05, 0.1) is 12.4 Å². The Morgan fingerprint density at radius 2 is 1.66 bits per heavy atom. The monoisotopic (exact) mass is 538 g/mol. The van der Waals surface area contributed by atoms with E-state index < -0.39 is 59.7 Å². The average Bonchev–Trinajstić information content (AvgIpc) is 3.34. The number of carbonyl (C=O) groups excluding carboxylic acids is 4. The number of hydrogen-bond donors (Lipinski definition) is 9. The number of nitrogens with zero attached hydrogens (tertiary/aromatic N) is 2. The molecule has 4 amide bonds. The molecule has 0 fully saturated rings. The fourth-order valence-electron chi connectivity index (χ4n) is 3.35. The van der Waals surface area contributed by atoms with Crippen LogP contribution in [0.1, 0.15) is 45.2 Å². The van der Waals surface area contributed by atoms with Gasteiger partial charge in [0.15, 0.2) is 5.96 Å². The number of H-pyrrole nitrogens is 1. The minimum Gasteiger partial charge on any atom is -0.480 e. The number of aliphatic carboxylic acids is 1. The zero-order valence-corrected chi connectivity index (χ0v) is 21.5. The first kappa shape index (κ1) is 31.8. The van der Waals surface area contributed by atoms with Gasteiger partial charge in [0, 0.05) is 31.3 Å². The van der Waals surface area contributed by atoms with E-state index in [0.717, 1.165) is 0 Å². The molecule has 1 rings (SSSR count). The Labute approximate surface area is 219 Å². The number of carboxylic acid groups (broad SMARTS) is 1. The van der Waals surface area contributed by atoms with Crippen molar-refractivity contribution in [2.45, 2.75) is 70.1 Å². The lowest BCUT2D eigenvalue weighted by Crippen LogP contribution is -2.58. The largest absolute Gasteiger partial charge is 0.480 e. The molecule has 212 valence electrons. The molecule has 0 saturated heterocycles. The maximum Gasteiger partial charge on any atom is 0.326 e. The third-order valence-electron chi connectivity index (χ3n) is 5.46. The summed E-state index contributed by atoms with van der Waals surface area (Å²) in [7, 11) is 0. The second-order valence-electron chi connectivity index (χ2n) is 9.03. The number of aliphatic imine (C=N–C) groups is 1. The van der Waals surface area contributed by atoms with Gasteiger partial charge in [0.2, 0.25) is 23.6 Å². The molecule has 0 aromatic carbocycles. The van der Waals surface area contributed by atoms with Crippen molar-refractivity contribution in [1.82, 2.24) is 25.9 Å². The molecule has 0 saturated carbocycles. The van der Waals surface area contributed by atoms with Crippen LogP contribution in [0.5, 0.6) is 0 Å². The van der Waals surface area contributed by atoms with Gasteiger partial charge in [-0.1, -0.05) is 13.8 Å². The van der Waals surface area contributed by atoms with Gasteiger partial charge in [0.25, 0.3) is 0 Å². The summed E-state index contributed by atoms with van der Waals surface area (Å²) in [6.07, 6.45) is 3.04. The third-order valence-corrected chi connectivity index (χ3v) is 5.46. The van der Waals surface area contributed by atoms with E-state index in [2.05, 4.69) is 30.9 Å². The quantitative estimate of drug-likeness (QED) is 0.0543. The van der Waals surface area contributed by atoms with Gasteiger partial charge in [0.1, 0.15) is 18.1 Å². The minimum absolute atomic E-state index is 0.0204. The number of aromatic nitrogens is 2. The molecule has 0 radical (unpaired) electrons. The standard InChI is InChI=1S/C22H38N10O6/c1-11(2)17(20(36)31-15(21(37)38)8-12-9-27-10-29-12)32-19(35)14(4-3-7-28-22(25)26)30-18(34)13(23)5-6-16(24)33/h9-11,13-15,17H,3-8,23H2,1-2H3,(H2,24,33)(H,27,29)(H,30,34)(H,31,36)(H,32,35)(H,37,38)(H4,25,26,28). The van der Waals surface area contributed by atoms with Gasteiger partial charge in [-0.3, -0.25) is 24.2 Å². The van der Waals surface area contributed by atoms with Gasteiger partial charge in [-0.25, -0.2) is 9.78 Å². The Balaban J connectivity index is 2.97. The van der Waals surface area contributed by atoms with E-state index in [9.17, 15) is 29.1 Å². The molecule has 4 unspecified atom stereocenters. The van der Waals surface area contributed by atoms with Gasteiger partial charge in [-0.15, -0.1) is 0 Å². The van der Waals surface area contributed by atoms with E-state index in [1.165, 1.54) is 12.5 Å². The second-order valence-corrected chi connectivity index (χ2v) is 9.03. The van der Waals surface area contributed by atoms with Crippen LogP contribution in [0.3, 0.4) is 0 Å². The summed E-state index contributed by atoms with van der Waals surface area (Å²) in [5.74, 6) is -4.57. The van der Waals surface area contributed by atoms with E-state index in [4.69, 9.17) is 22.9 Å². The van der Waals surface area contributed by atoms with E-state index >= 15 is 0 Å². The number of primary amides is 1. The minimum atomic E-state index is -1.28. The smallest absolute Gasteiger partial charge is 0.326 e. The average molecular weight is 539 g/mol. The van der Waals surface area contributed by atoms with Crippen LogP contribution in [0.25, 0.3) is 0 Å². The summed E-state index contributed by atoms with van der Waals surface area (Å²) in [6, 6.07) is -4.62. The number of imidazole rings is 1. The maximum atomic E-state index is 13.2. The number of guanidine groups is 1. The van der Waals surface area contributed by atoms with Gasteiger partial charge in [-0.2, -0.15) is 0 Å². The number of aromatic amines is 1. The molecule has 1 aromatic heterocycles. The number of hydrogen-bond acceptors (Lipinski definition) is 8.